The number of hydrogen-bond donors (Lipinski definition) is 1. The summed E-state index contributed by atoms with van der Waals surface area (Å²) < 4.78 is 11.3. The Morgan fingerprint density at radius 1 is 1.16 bits per heavy atom. The van der Waals surface area contributed by atoms with E-state index >= 15 is 0 Å². The summed E-state index contributed by atoms with van der Waals surface area (Å²) in [4.78, 5) is 12.2. The van der Waals surface area contributed by atoms with Crippen molar-refractivity contribution >= 4 is 5.78 Å². The predicted molar refractivity (Wildman–Crippen MR) is 121 cm³/mol. The fourth-order valence-electron chi connectivity index (χ4n) is 7.51. The molecule has 5 atom stereocenters. The van der Waals surface area contributed by atoms with Crippen molar-refractivity contribution in [2.45, 2.75) is 70.3 Å². The van der Waals surface area contributed by atoms with E-state index in [1.54, 1.807) is 0 Å². The summed E-state index contributed by atoms with van der Waals surface area (Å²) in [6.45, 7) is 4.36. The molecule has 4 nitrogen and oxygen atoms in total. The molecule has 6 rings (SSSR count). The topological polar surface area (TPSA) is 55.8 Å². The number of fused-ring (bicyclic) bond motifs is 5. The molecule has 1 heterocycles. The minimum Gasteiger partial charge on any atom is -0.454 e. The Labute approximate surface area is 189 Å². The largest absolute Gasteiger partial charge is 0.454 e. The maximum Gasteiger partial charge on any atom is 0.231 e. The number of allylic oxidation sites excluding steroid dienone is 4. The Kier molecular flexibility index (Phi) is 4.40. The van der Waals surface area contributed by atoms with Crippen LogP contribution in [0.15, 0.2) is 41.0 Å². The van der Waals surface area contributed by atoms with Crippen LogP contribution in [-0.4, -0.2) is 23.3 Å². The number of rotatable bonds is 1. The first-order chi connectivity index (χ1) is 15.4. The number of ether oxygens (including phenoxy) is 2. The van der Waals surface area contributed by atoms with Gasteiger partial charge in [-0.25, -0.2) is 0 Å². The second kappa shape index (κ2) is 6.99. The van der Waals surface area contributed by atoms with Crippen LogP contribution in [0, 0.1) is 29.1 Å². The Bertz CT molecular complexity index is 1130. The Morgan fingerprint density at radius 3 is 2.84 bits per heavy atom. The van der Waals surface area contributed by atoms with Crippen molar-refractivity contribution in [3.05, 3.63) is 46.6 Å². The predicted octanol–water partition coefficient (Wildman–Crippen LogP) is 5.07. The fourth-order valence-corrected chi connectivity index (χ4v) is 7.51. The van der Waals surface area contributed by atoms with E-state index in [0.717, 1.165) is 50.0 Å². The SMILES string of the molecule is C[C@]12C[C@H](c3ccc4c(c3)OCO4)C3=C4CCC(=O)C=C4CC[C@H]3[C@@H]1CC[C@@]2(O)C#C[14CH3]. The zero-order chi connectivity index (χ0) is 22.1. The highest BCUT2D eigenvalue weighted by atomic mass is 16.7. The lowest BCUT2D eigenvalue weighted by Crippen LogP contribution is -2.51. The van der Waals surface area contributed by atoms with Crippen molar-refractivity contribution in [3.8, 4) is 23.3 Å². The summed E-state index contributed by atoms with van der Waals surface area (Å²) >= 11 is 0. The molecule has 1 aromatic carbocycles. The van der Waals surface area contributed by atoms with E-state index in [1.165, 1.54) is 22.3 Å². The summed E-state index contributed by atoms with van der Waals surface area (Å²) in [5.41, 5.74) is 4.20. The molecule has 4 heteroatoms. The van der Waals surface area contributed by atoms with Crippen molar-refractivity contribution in [2.75, 3.05) is 6.79 Å². The van der Waals surface area contributed by atoms with Gasteiger partial charge in [0.2, 0.25) is 6.79 Å². The number of carbonyl (C=O) groups excluding carboxylic acids is 1. The van der Waals surface area contributed by atoms with Crippen LogP contribution in [0.4, 0.5) is 0 Å². The van der Waals surface area contributed by atoms with Gasteiger partial charge in [-0.2, -0.15) is 0 Å². The fraction of sp³-hybridized carbons (Fsp3) is 0.536. The van der Waals surface area contributed by atoms with Crippen molar-refractivity contribution in [1.29, 1.82) is 0 Å². The van der Waals surface area contributed by atoms with Crippen LogP contribution in [0.2, 0.25) is 0 Å². The average Bonchev–Trinajstić information content (AvgIpc) is 3.35. The van der Waals surface area contributed by atoms with E-state index in [9.17, 15) is 9.90 Å². The van der Waals surface area contributed by atoms with Gasteiger partial charge in [0.25, 0.3) is 0 Å². The molecular formula is C28H30O4. The summed E-state index contributed by atoms with van der Waals surface area (Å²) in [5.74, 6) is 9.14. The normalized spacial score (nSPS) is 37.2. The Hall–Kier alpha value is -2.51. The van der Waals surface area contributed by atoms with Gasteiger partial charge in [-0.1, -0.05) is 24.5 Å². The van der Waals surface area contributed by atoms with Gasteiger partial charge in [0.15, 0.2) is 17.3 Å². The maximum atomic E-state index is 12.2. The van der Waals surface area contributed by atoms with Crippen LogP contribution >= 0.6 is 0 Å². The van der Waals surface area contributed by atoms with Crippen molar-refractivity contribution in [2.24, 2.45) is 17.3 Å². The zero-order valence-corrected chi connectivity index (χ0v) is 18.9. The van der Waals surface area contributed by atoms with Crippen molar-refractivity contribution < 1.29 is 19.4 Å². The van der Waals surface area contributed by atoms with Gasteiger partial charge in [-0.3, -0.25) is 4.79 Å². The summed E-state index contributed by atoms with van der Waals surface area (Å²) in [6.07, 6.45) is 7.98. The standard InChI is InChI=1S/C28H30O4/c1-3-11-28(30)12-10-23-21-7-4-17-13-19(29)6-8-20(17)26(21)22(15-27(23,28)2)18-5-9-24-25(14-18)32-16-31-24/h5,9,13-14,21-23,30H,4,6-8,10,12,15-16H2,1-2H3/t21-,22+,23-,27-,28-/m0/s1/i1+2. The van der Waals surface area contributed by atoms with Crippen LogP contribution in [0.3, 0.4) is 0 Å². The van der Waals surface area contributed by atoms with E-state index < -0.39 is 5.60 Å². The average molecular weight is 433 g/mol. The molecule has 5 aliphatic rings. The third-order valence-corrected chi connectivity index (χ3v) is 9.02. The molecule has 0 aromatic heterocycles. The summed E-state index contributed by atoms with van der Waals surface area (Å²) in [5, 5.41) is 11.7. The molecule has 0 unspecified atom stereocenters. The molecule has 4 aliphatic carbocycles. The van der Waals surface area contributed by atoms with Crippen LogP contribution in [0.25, 0.3) is 0 Å². The zero-order valence-electron chi connectivity index (χ0n) is 18.9. The number of benzene rings is 1. The highest BCUT2D eigenvalue weighted by Crippen LogP contribution is 2.66. The number of carbonyl (C=O) groups is 1. The van der Waals surface area contributed by atoms with Gasteiger partial charge in [0.05, 0.1) is 0 Å². The lowest BCUT2D eigenvalue weighted by molar-refractivity contribution is -0.114. The highest BCUT2D eigenvalue weighted by Gasteiger charge is 2.62. The van der Waals surface area contributed by atoms with Crippen LogP contribution < -0.4 is 9.47 Å². The van der Waals surface area contributed by atoms with Gasteiger partial charge in [-0.05, 0) is 92.2 Å². The smallest absolute Gasteiger partial charge is 0.231 e. The van der Waals surface area contributed by atoms with E-state index in [1.807, 2.05) is 19.1 Å². The quantitative estimate of drug-likeness (QED) is 0.630. The maximum absolute atomic E-state index is 12.2. The molecule has 1 N–H and O–H groups in total. The molecular weight excluding hydrogens is 402 g/mol. The van der Waals surface area contributed by atoms with Gasteiger partial charge in [0, 0.05) is 17.8 Å². The number of hydrogen-bond acceptors (Lipinski definition) is 4. The molecule has 0 saturated heterocycles. The molecule has 166 valence electrons. The molecule has 32 heavy (non-hydrogen) atoms. The lowest BCUT2D eigenvalue weighted by Gasteiger charge is -2.53. The van der Waals surface area contributed by atoms with E-state index in [4.69, 9.17) is 9.47 Å². The van der Waals surface area contributed by atoms with Crippen LogP contribution in [0.5, 0.6) is 11.5 Å². The minimum absolute atomic E-state index is 0.186. The van der Waals surface area contributed by atoms with E-state index in [-0.39, 0.29) is 23.9 Å². The van der Waals surface area contributed by atoms with E-state index in [2.05, 4.69) is 30.9 Å². The molecule has 1 aromatic rings. The molecule has 1 aliphatic heterocycles. The minimum atomic E-state index is -0.949. The highest BCUT2D eigenvalue weighted by molar-refractivity contribution is 5.93. The molecule has 0 spiro atoms. The van der Waals surface area contributed by atoms with Crippen LogP contribution in [0.1, 0.15) is 70.3 Å². The van der Waals surface area contributed by atoms with E-state index in [0.29, 0.717) is 18.3 Å². The van der Waals surface area contributed by atoms with Crippen molar-refractivity contribution in [1.82, 2.24) is 0 Å². The molecule has 0 radical (unpaired) electrons. The van der Waals surface area contributed by atoms with Crippen LogP contribution in [-0.2, 0) is 4.79 Å². The second-order valence-electron chi connectivity index (χ2n) is 10.4. The lowest BCUT2D eigenvalue weighted by atomic mass is 9.51. The molecule has 2 saturated carbocycles. The Morgan fingerprint density at radius 2 is 2.00 bits per heavy atom. The van der Waals surface area contributed by atoms with Gasteiger partial charge in [0.1, 0.15) is 5.60 Å². The third kappa shape index (κ3) is 2.70. The summed E-state index contributed by atoms with van der Waals surface area (Å²) in [7, 11) is 0. The number of aliphatic hydroxyl groups is 1. The first-order valence-corrected chi connectivity index (χ1v) is 12.0. The van der Waals surface area contributed by atoms with Gasteiger partial charge in [-0.15, -0.1) is 5.92 Å². The second-order valence-corrected chi connectivity index (χ2v) is 10.4. The molecule has 0 bridgehead atoms. The Balaban J connectivity index is 1.54. The van der Waals surface area contributed by atoms with Crippen molar-refractivity contribution in [3.63, 3.8) is 0 Å². The first kappa shape index (κ1) is 20.1. The monoisotopic (exact) mass is 432 g/mol. The van der Waals surface area contributed by atoms with Gasteiger partial charge < -0.3 is 14.6 Å². The summed E-state index contributed by atoms with van der Waals surface area (Å²) in [6, 6.07) is 6.31. The number of ketones is 1. The third-order valence-electron chi connectivity index (χ3n) is 9.02. The molecule has 0 amide bonds. The first-order valence-electron chi connectivity index (χ1n) is 12.0. The van der Waals surface area contributed by atoms with Gasteiger partial charge >= 0.3 is 0 Å². The molecule has 2 fully saturated rings.